The first-order chi connectivity index (χ1) is 8.69. The molecule has 0 aromatic heterocycles. The molecule has 1 N–H and O–H groups in total. The molecule has 1 aromatic rings. The number of hydrogen-bond acceptors (Lipinski definition) is 2. The van der Waals surface area contributed by atoms with Crippen molar-refractivity contribution < 1.29 is 22.8 Å². The lowest BCUT2D eigenvalue weighted by atomic mass is 10.1. The maximum absolute atomic E-state index is 11.9. The van der Waals surface area contributed by atoms with Crippen molar-refractivity contribution in [3.8, 4) is 0 Å². The number of amides is 1. The zero-order valence-electron chi connectivity index (χ0n) is 9.97. The number of carbonyl (C=O) groups excluding carboxylic acids is 2. The lowest BCUT2D eigenvalue weighted by Gasteiger charge is -2.09. The molecule has 0 aliphatic heterocycles. The van der Waals surface area contributed by atoms with Gasteiger partial charge in [-0.25, -0.2) is 0 Å². The van der Waals surface area contributed by atoms with Crippen molar-refractivity contribution in [3.63, 3.8) is 0 Å². The zero-order chi connectivity index (χ0) is 14.6. The molecule has 3 nitrogen and oxygen atoms in total. The highest BCUT2D eigenvalue weighted by Gasteiger charge is 2.30. The molecule has 0 heterocycles. The van der Waals surface area contributed by atoms with Crippen LogP contribution in [-0.4, -0.2) is 17.9 Å². The van der Waals surface area contributed by atoms with Gasteiger partial charge in [-0.05, 0) is 18.6 Å². The van der Waals surface area contributed by atoms with Crippen LogP contribution in [0.1, 0.15) is 29.3 Å². The molecular weight excluding hydrogens is 327 g/mol. The molecule has 0 saturated heterocycles. The summed E-state index contributed by atoms with van der Waals surface area (Å²) < 4.78 is 36.4. The molecule has 1 amide bonds. The highest BCUT2D eigenvalue weighted by atomic mass is 79.9. The molecule has 7 heteroatoms. The predicted molar refractivity (Wildman–Crippen MR) is 66.7 cm³/mol. The standard InChI is InChI=1S/C12H11BrF3NO2/c1-7(18)8-2-3-9(10(13)4-8)6-17-11(19)5-12(14,15)16/h2-4H,5-6H2,1H3,(H,17,19). The average molecular weight is 338 g/mol. The fourth-order valence-electron chi connectivity index (χ4n) is 1.35. The quantitative estimate of drug-likeness (QED) is 0.857. The van der Waals surface area contributed by atoms with E-state index in [2.05, 4.69) is 21.2 Å². The number of carbonyl (C=O) groups is 2. The lowest BCUT2D eigenvalue weighted by Crippen LogP contribution is -2.28. The molecule has 0 saturated carbocycles. The number of benzene rings is 1. The molecule has 0 atom stereocenters. The van der Waals surface area contributed by atoms with Gasteiger partial charge in [0.25, 0.3) is 0 Å². The van der Waals surface area contributed by atoms with Gasteiger partial charge in [-0.1, -0.05) is 28.1 Å². The van der Waals surface area contributed by atoms with E-state index in [0.29, 0.717) is 15.6 Å². The Morgan fingerprint density at radius 2 is 1.95 bits per heavy atom. The van der Waals surface area contributed by atoms with E-state index >= 15 is 0 Å². The van der Waals surface area contributed by atoms with E-state index in [9.17, 15) is 22.8 Å². The third-order valence-electron chi connectivity index (χ3n) is 2.30. The second kappa shape index (κ2) is 6.18. The number of rotatable bonds is 4. The highest BCUT2D eigenvalue weighted by Crippen LogP contribution is 2.21. The van der Waals surface area contributed by atoms with Gasteiger partial charge in [0.2, 0.25) is 5.91 Å². The summed E-state index contributed by atoms with van der Waals surface area (Å²) in [6, 6.07) is 4.70. The largest absolute Gasteiger partial charge is 0.397 e. The van der Waals surface area contributed by atoms with E-state index in [1.807, 2.05) is 0 Å². The topological polar surface area (TPSA) is 46.2 Å². The van der Waals surface area contributed by atoms with Gasteiger partial charge < -0.3 is 5.32 Å². The highest BCUT2D eigenvalue weighted by molar-refractivity contribution is 9.10. The van der Waals surface area contributed by atoms with Crippen molar-refractivity contribution in [2.45, 2.75) is 26.1 Å². The summed E-state index contributed by atoms with van der Waals surface area (Å²) in [5.74, 6) is -1.21. The van der Waals surface area contributed by atoms with E-state index in [0.717, 1.165) is 0 Å². The molecule has 0 unspecified atom stereocenters. The summed E-state index contributed by atoms with van der Waals surface area (Å²) in [6.45, 7) is 1.38. The van der Waals surface area contributed by atoms with Crippen LogP contribution in [0.4, 0.5) is 13.2 Å². The van der Waals surface area contributed by atoms with E-state index < -0.39 is 18.5 Å². The number of ketones is 1. The summed E-state index contributed by atoms with van der Waals surface area (Å²) in [4.78, 5) is 22.1. The molecule has 0 radical (unpaired) electrons. The zero-order valence-corrected chi connectivity index (χ0v) is 11.6. The Labute approximate surface area is 116 Å². The van der Waals surface area contributed by atoms with Gasteiger partial charge in [0, 0.05) is 16.6 Å². The normalized spacial score (nSPS) is 11.2. The first-order valence-corrected chi connectivity index (χ1v) is 6.11. The Hall–Kier alpha value is -1.37. The van der Waals surface area contributed by atoms with Gasteiger partial charge in [0.15, 0.2) is 5.78 Å². The van der Waals surface area contributed by atoms with Crippen LogP contribution in [0.3, 0.4) is 0 Å². The van der Waals surface area contributed by atoms with Gasteiger partial charge in [0.1, 0.15) is 6.42 Å². The van der Waals surface area contributed by atoms with Gasteiger partial charge in [-0.15, -0.1) is 0 Å². The molecule has 1 aromatic carbocycles. The molecule has 0 spiro atoms. The van der Waals surface area contributed by atoms with Gasteiger partial charge in [0.05, 0.1) is 0 Å². The van der Waals surface area contributed by atoms with Crippen molar-refractivity contribution in [2.75, 3.05) is 0 Å². The number of halogens is 4. The van der Waals surface area contributed by atoms with E-state index in [1.54, 1.807) is 18.2 Å². The number of hydrogen-bond donors (Lipinski definition) is 1. The minimum atomic E-state index is -4.51. The van der Waals surface area contributed by atoms with E-state index in [-0.39, 0.29) is 12.3 Å². The van der Waals surface area contributed by atoms with Crippen molar-refractivity contribution in [1.82, 2.24) is 5.32 Å². The summed E-state index contributed by atoms with van der Waals surface area (Å²) in [5, 5.41) is 2.17. The Bertz CT molecular complexity index is 500. The first kappa shape index (κ1) is 15.7. The molecule has 0 aliphatic rings. The van der Waals surface area contributed by atoms with Gasteiger partial charge in [-0.3, -0.25) is 9.59 Å². The summed E-state index contributed by atoms with van der Waals surface area (Å²) >= 11 is 3.20. The van der Waals surface area contributed by atoms with E-state index in [4.69, 9.17) is 0 Å². The minimum absolute atomic E-state index is 0.0340. The van der Waals surface area contributed by atoms with Crippen LogP contribution in [0.25, 0.3) is 0 Å². The maximum Gasteiger partial charge on any atom is 0.397 e. The smallest absolute Gasteiger partial charge is 0.352 e. The van der Waals surface area contributed by atoms with Crippen molar-refractivity contribution >= 4 is 27.6 Å². The van der Waals surface area contributed by atoms with Crippen LogP contribution in [-0.2, 0) is 11.3 Å². The van der Waals surface area contributed by atoms with Gasteiger partial charge >= 0.3 is 6.18 Å². The third-order valence-corrected chi connectivity index (χ3v) is 3.03. The summed E-state index contributed by atoms with van der Waals surface area (Å²) in [5.41, 5.74) is 1.08. The van der Waals surface area contributed by atoms with Crippen LogP contribution >= 0.6 is 15.9 Å². The minimum Gasteiger partial charge on any atom is -0.352 e. The van der Waals surface area contributed by atoms with Crippen LogP contribution < -0.4 is 5.32 Å². The number of Topliss-reactive ketones (excluding diaryl/α,β-unsaturated/α-hetero) is 1. The van der Waals surface area contributed by atoms with Crippen molar-refractivity contribution in [3.05, 3.63) is 33.8 Å². The monoisotopic (exact) mass is 337 g/mol. The average Bonchev–Trinajstić information content (AvgIpc) is 2.24. The predicted octanol–water partition coefficient (Wildman–Crippen LogP) is 3.22. The third kappa shape index (κ3) is 5.42. The van der Waals surface area contributed by atoms with Crippen molar-refractivity contribution in [2.24, 2.45) is 0 Å². The first-order valence-electron chi connectivity index (χ1n) is 5.32. The molecule has 1 rings (SSSR count). The molecule has 104 valence electrons. The van der Waals surface area contributed by atoms with Crippen LogP contribution in [0.5, 0.6) is 0 Å². The Morgan fingerprint density at radius 3 is 2.42 bits per heavy atom. The molecule has 0 bridgehead atoms. The Kier molecular flexibility index (Phi) is 5.11. The SMILES string of the molecule is CC(=O)c1ccc(CNC(=O)CC(F)(F)F)c(Br)c1. The Morgan fingerprint density at radius 1 is 1.32 bits per heavy atom. The molecule has 0 fully saturated rings. The van der Waals surface area contributed by atoms with Crippen LogP contribution in [0.2, 0.25) is 0 Å². The molecular formula is C12H11BrF3NO2. The van der Waals surface area contributed by atoms with Crippen LogP contribution in [0, 0.1) is 0 Å². The lowest BCUT2D eigenvalue weighted by molar-refractivity contribution is -0.153. The Balaban J connectivity index is 2.64. The van der Waals surface area contributed by atoms with Crippen LogP contribution in [0.15, 0.2) is 22.7 Å². The second-order valence-electron chi connectivity index (χ2n) is 3.93. The summed E-state index contributed by atoms with van der Waals surface area (Å²) in [6.07, 6.45) is -6.02. The summed E-state index contributed by atoms with van der Waals surface area (Å²) in [7, 11) is 0. The van der Waals surface area contributed by atoms with Gasteiger partial charge in [-0.2, -0.15) is 13.2 Å². The van der Waals surface area contributed by atoms with Crippen molar-refractivity contribution in [1.29, 1.82) is 0 Å². The fourth-order valence-corrected chi connectivity index (χ4v) is 1.87. The second-order valence-corrected chi connectivity index (χ2v) is 4.79. The molecule has 0 aliphatic carbocycles. The van der Waals surface area contributed by atoms with E-state index in [1.165, 1.54) is 6.92 Å². The maximum atomic E-state index is 11.9. The number of alkyl halides is 3. The number of nitrogens with one attached hydrogen (secondary N) is 1. The fraction of sp³-hybridized carbons (Fsp3) is 0.333. The molecule has 19 heavy (non-hydrogen) atoms.